The number of nitrogens with zero attached hydrogens (tertiary/aromatic N) is 1. The molecule has 3 nitrogen and oxygen atoms in total. The molecule has 0 aliphatic carbocycles. The number of rotatable bonds is 7. The molecule has 3 rings (SSSR count). The quantitative estimate of drug-likeness (QED) is 0.368. The molecule has 0 bridgehead atoms. The van der Waals surface area contributed by atoms with Crippen LogP contribution in [0.25, 0.3) is 22.2 Å². The van der Waals surface area contributed by atoms with Gasteiger partial charge < -0.3 is 14.0 Å². The van der Waals surface area contributed by atoms with E-state index in [0.717, 1.165) is 36.2 Å². The van der Waals surface area contributed by atoms with Crippen LogP contribution in [0, 0.1) is 6.92 Å². The van der Waals surface area contributed by atoms with Crippen LogP contribution in [0.1, 0.15) is 18.4 Å². The van der Waals surface area contributed by atoms with Crippen LogP contribution in [0.3, 0.4) is 0 Å². The Morgan fingerprint density at radius 3 is 2.24 bits per heavy atom. The molecule has 0 saturated heterocycles. The average Bonchev–Trinajstić information content (AvgIpc) is 2.93. The van der Waals surface area contributed by atoms with Gasteiger partial charge in [0.2, 0.25) is 0 Å². The highest BCUT2D eigenvalue weighted by atomic mass is 79.9. The van der Waals surface area contributed by atoms with E-state index in [9.17, 15) is 0 Å². The van der Waals surface area contributed by atoms with Crippen molar-refractivity contribution in [3.05, 3.63) is 48.0 Å². The van der Waals surface area contributed by atoms with Gasteiger partial charge in [-0.15, -0.1) is 0 Å². The van der Waals surface area contributed by atoms with Crippen molar-refractivity contribution in [2.24, 2.45) is 0 Å². The van der Waals surface area contributed by atoms with Gasteiger partial charge in [0.15, 0.2) is 0 Å². The van der Waals surface area contributed by atoms with E-state index in [1.54, 1.807) is 14.2 Å². The molecule has 1 aromatic heterocycles. The van der Waals surface area contributed by atoms with Crippen LogP contribution in [0.2, 0.25) is 0 Å². The lowest BCUT2D eigenvalue weighted by Crippen LogP contribution is -2.01. The van der Waals surface area contributed by atoms with E-state index in [1.165, 1.54) is 27.7 Å². The third kappa shape index (κ3) is 3.54. The second-order valence-electron chi connectivity index (χ2n) is 6.13. The van der Waals surface area contributed by atoms with Gasteiger partial charge in [-0.05, 0) is 73.4 Å². The summed E-state index contributed by atoms with van der Waals surface area (Å²) in [5, 5.41) is 2.29. The number of methoxy groups -OCH3 is 2. The first-order valence-corrected chi connectivity index (χ1v) is 9.69. The number of fused-ring (bicyclic) bond motifs is 1. The molecule has 0 aliphatic rings. The average molecular weight is 402 g/mol. The van der Waals surface area contributed by atoms with Crippen molar-refractivity contribution in [3.8, 4) is 22.8 Å². The number of aromatic nitrogens is 1. The zero-order valence-electron chi connectivity index (χ0n) is 15.0. The maximum atomic E-state index is 5.43. The second-order valence-corrected chi connectivity index (χ2v) is 6.93. The van der Waals surface area contributed by atoms with Gasteiger partial charge in [0.1, 0.15) is 11.5 Å². The molecule has 132 valence electrons. The minimum atomic E-state index is 0.880. The largest absolute Gasteiger partial charge is 0.497 e. The fourth-order valence-corrected chi connectivity index (χ4v) is 3.74. The van der Waals surface area contributed by atoms with Gasteiger partial charge in [-0.2, -0.15) is 0 Å². The lowest BCUT2D eigenvalue weighted by atomic mass is 10.1. The summed E-state index contributed by atoms with van der Waals surface area (Å²) in [7, 11) is 3.41. The highest BCUT2D eigenvalue weighted by Crippen LogP contribution is 2.36. The Labute approximate surface area is 157 Å². The molecule has 0 amide bonds. The van der Waals surface area contributed by atoms with E-state index in [2.05, 4.69) is 51.7 Å². The van der Waals surface area contributed by atoms with E-state index < -0.39 is 0 Å². The first kappa shape index (κ1) is 17.9. The van der Waals surface area contributed by atoms with Crippen molar-refractivity contribution in [3.63, 3.8) is 0 Å². The molecule has 0 fully saturated rings. The molecule has 0 aliphatic heterocycles. The Bertz CT molecular complexity index is 852. The summed E-state index contributed by atoms with van der Waals surface area (Å²) in [6.07, 6.45) is 2.31. The van der Waals surface area contributed by atoms with Gasteiger partial charge >= 0.3 is 0 Å². The number of alkyl halides is 1. The molecule has 0 atom stereocenters. The lowest BCUT2D eigenvalue weighted by molar-refractivity contribution is 0.415. The smallest absolute Gasteiger partial charge is 0.119 e. The maximum absolute atomic E-state index is 5.43. The Balaban J connectivity index is 2.15. The monoisotopic (exact) mass is 401 g/mol. The summed E-state index contributed by atoms with van der Waals surface area (Å²) in [6, 6.07) is 14.7. The topological polar surface area (TPSA) is 23.4 Å². The fourth-order valence-electron chi connectivity index (χ4n) is 3.35. The summed E-state index contributed by atoms with van der Waals surface area (Å²) in [5.41, 5.74) is 5.05. The Kier molecular flexibility index (Phi) is 5.69. The van der Waals surface area contributed by atoms with Crippen LogP contribution in [-0.4, -0.2) is 24.1 Å². The predicted octanol–water partition coefficient (Wildman–Crippen LogP) is 5.81. The number of benzene rings is 2. The molecule has 0 saturated carbocycles. The normalized spacial score (nSPS) is 11.0. The third-order valence-electron chi connectivity index (χ3n) is 4.65. The van der Waals surface area contributed by atoms with Crippen LogP contribution in [0.4, 0.5) is 0 Å². The molecule has 4 heteroatoms. The van der Waals surface area contributed by atoms with Gasteiger partial charge in [0, 0.05) is 22.8 Å². The summed E-state index contributed by atoms with van der Waals surface area (Å²) in [5.74, 6) is 1.78. The maximum Gasteiger partial charge on any atom is 0.119 e. The van der Waals surface area contributed by atoms with E-state index in [4.69, 9.17) is 9.47 Å². The van der Waals surface area contributed by atoms with Crippen LogP contribution in [0.15, 0.2) is 42.5 Å². The van der Waals surface area contributed by atoms with Crippen LogP contribution in [0.5, 0.6) is 11.5 Å². The van der Waals surface area contributed by atoms with Crippen molar-refractivity contribution in [1.82, 2.24) is 4.57 Å². The van der Waals surface area contributed by atoms with E-state index in [1.807, 2.05) is 18.2 Å². The molecule has 2 aromatic carbocycles. The summed E-state index contributed by atoms with van der Waals surface area (Å²) < 4.78 is 13.2. The first-order valence-electron chi connectivity index (χ1n) is 8.56. The molecule has 0 N–H and O–H groups in total. The zero-order chi connectivity index (χ0) is 17.8. The third-order valence-corrected chi connectivity index (χ3v) is 5.21. The minimum absolute atomic E-state index is 0.880. The van der Waals surface area contributed by atoms with Gasteiger partial charge in [0.05, 0.1) is 19.9 Å². The molecule has 0 spiro atoms. The van der Waals surface area contributed by atoms with Gasteiger partial charge in [0.25, 0.3) is 0 Å². The van der Waals surface area contributed by atoms with Crippen LogP contribution < -0.4 is 9.47 Å². The predicted molar refractivity (Wildman–Crippen MR) is 108 cm³/mol. The Hall–Kier alpha value is -1.94. The highest BCUT2D eigenvalue weighted by molar-refractivity contribution is 9.09. The number of hydrogen-bond acceptors (Lipinski definition) is 2. The number of ether oxygens (including phenoxy) is 2. The van der Waals surface area contributed by atoms with Crippen molar-refractivity contribution >= 4 is 26.8 Å². The Morgan fingerprint density at radius 1 is 0.920 bits per heavy atom. The molecule has 0 unspecified atom stereocenters. The standard InChI is InChI=1S/C21H24BrNO2/c1-15-19-14-18(25-3)10-11-20(19)23(13-5-4-12-22)21(15)16-6-8-17(24-2)9-7-16/h6-11,14H,4-5,12-13H2,1-3H3. The number of aryl methyl sites for hydroxylation is 2. The summed E-state index contributed by atoms with van der Waals surface area (Å²) in [6.45, 7) is 3.20. The highest BCUT2D eigenvalue weighted by Gasteiger charge is 2.16. The lowest BCUT2D eigenvalue weighted by Gasteiger charge is -2.12. The van der Waals surface area contributed by atoms with Gasteiger partial charge in [-0.25, -0.2) is 0 Å². The van der Waals surface area contributed by atoms with Crippen molar-refractivity contribution < 1.29 is 9.47 Å². The van der Waals surface area contributed by atoms with Crippen molar-refractivity contribution in [1.29, 1.82) is 0 Å². The molecular formula is C21H24BrNO2. The van der Waals surface area contributed by atoms with Crippen LogP contribution in [-0.2, 0) is 6.54 Å². The van der Waals surface area contributed by atoms with Gasteiger partial charge in [-0.1, -0.05) is 15.9 Å². The van der Waals surface area contributed by atoms with Crippen molar-refractivity contribution in [2.75, 3.05) is 19.5 Å². The molecule has 25 heavy (non-hydrogen) atoms. The van der Waals surface area contributed by atoms with Gasteiger partial charge in [-0.3, -0.25) is 0 Å². The van der Waals surface area contributed by atoms with Crippen LogP contribution >= 0.6 is 15.9 Å². The number of unbranched alkanes of at least 4 members (excludes halogenated alkanes) is 1. The molecular weight excluding hydrogens is 378 g/mol. The Morgan fingerprint density at radius 2 is 1.60 bits per heavy atom. The van der Waals surface area contributed by atoms with E-state index >= 15 is 0 Å². The SMILES string of the molecule is COc1ccc(-c2c(C)c3cc(OC)ccc3n2CCCCBr)cc1. The van der Waals surface area contributed by atoms with Crippen molar-refractivity contribution in [2.45, 2.75) is 26.3 Å². The zero-order valence-corrected chi connectivity index (χ0v) is 16.6. The molecule has 1 heterocycles. The number of halogens is 1. The second kappa shape index (κ2) is 7.96. The fraction of sp³-hybridized carbons (Fsp3) is 0.333. The summed E-state index contributed by atoms with van der Waals surface area (Å²) in [4.78, 5) is 0. The molecule has 0 radical (unpaired) electrons. The minimum Gasteiger partial charge on any atom is -0.497 e. The van der Waals surface area contributed by atoms with E-state index in [0.29, 0.717) is 0 Å². The molecule has 3 aromatic rings. The first-order chi connectivity index (χ1) is 12.2. The summed E-state index contributed by atoms with van der Waals surface area (Å²) >= 11 is 3.54. The van der Waals surface area contributed by atoms with E-state index in [-0.39, 0.29) is 0 Å². The number of hydrogen-bond donors (Lipinski definition) is 0.